The number of benzene rings is 3. The molecule has 0 aliphatic carbocycles. The standard InChI is InChI=1S/C28H30N2O3/c1-20(2)29-15-14-21(17-29)18-32-25-11-9-24(10-12-25)30-19-33-27-16-23(8-13-26(27)28(30)31)22-6-4-3-5-7-22/h3-13,16,20-21H,14-15,17-19H2,1-2H3. The van der Waals surface area contributed by atoms with Gasteiger partial charge in [0.15, 0.2) is 6.73 Å². The van der Waals surface area contributed by atoms with Crippen LogP contribution >= 0.6 is 0 Å². The molecule has 1 atom stereocenters. The van der Waals surface area contributed by atoms with Gasteiger partial charge in [-0.3, -0.25) is 9.69 Å². The molecule has 0 aromatic heterocycles. The predicted molar refractivity (Wildman–Crippen MR) is 131 cm³/mol. The van der Waals surface area contributed by atoms with Gasteiger partial charge in [0, 0.05) is 24.2 Å². The molecular formula is C28H30N2O3. The fourth-order valence-corrected chi connectivity index (χ4v) is 4.56. The van der Waals surface area contributed by atoms with Crippen molar-refractivity contribution in [2.75, 3.05) is 31.3 Å². The average molecular weight is 443 g/mol. The minimum absolute atomic E-state index is 0.0516. The van der Waals surface area contributed by atoms with Gasteiger partial charge in [-0.1, -0.05) is 36.4 Å². The van der Waals surface area contributed by atoms with Crippen LogP contribution in [-0.4, -0.2) is 43.3 Å². The Morgan fingerprint density at radius 2 is 1.79 bits per heavy atom. The topological polar surface area (TPSA) is 42.0 Å². The predicted octanol–water partition coefficient (Wildman–Crippen LogP) is 5.46. The van der Waals surface area contributed by atoms with Crippen LogP contribution in [0.3, 0.4) is 0 Å². The summed E-state index contributed by atoms with van der Waals surface area (Å²) in [7, 11) is 0. The van der Waals surface area contributed by atoms with E-state index in [1.54, 1.807) is 4.90 Å². The average Bonchev–Trinajstić information content (AvgIpc) is 3.33. The maximum absolute atomic E-state index is 13.1. The molecule has 1 amide bonds. The van der Waals surface area contributed by atoms with Crippen molar-refractivity contribution in [1.29, 1.82) is 0 Å². The highest BCUT2D eigenvalue weighted by Crippen LogP contribution is 2.33. The minimum atomic E-state index is -0.0516. The minimum Gasteiger partial charge on any atom is -0.493 e. The Kier molecular flexibility index (Phi) is 6.05. The van der Waals surface area contributed by atoms with Crippen molar-refractivity contribution in [2.45, 2.75) is 26.3 Å². The summed E-state index contributed by atoms with van der Waals surface area (Å²) < 4.78 is 12.0. The van der Waals surface area contributed by atoms with Crippen molar-refractivity contribution in [1.82, 2.24) is 4.90 Å². The Balaban J connectivity index is 1.23. The summed E-state index contributed by atoms with van der Waals surface area (Å²) in [6.07, 6.45) is 1.18. The summed E-state index contributed by atoms with van der Waals surface area (Å²) >= 11 is 0. The van der Waals surface area contributed by atoms with Gasteiger partial charge in [0.2, 0.25) is 0 Å². The van der Waals surface area contributed by atoms with Gasteiger partial charge in [0.05, 0.1) is 12.2 Å². The third-order valence-corrected chi connectivity index (χ3v) is 6.60. The number of carbonyl (C=O) groups is 1. The molecule has 0 spiro atoms. The lowest BCUT2D eigenvalue weighted by molar-refractivity contribution is 0.0937. The highest BCUT2D eigenvalue weighted by atomic mass is 16.5. The van der Waals surface area contributed by atoms with Gasteiger partial charge < -0.3 is 14.4 Å². The molecule has 2 aliphatic rings. The van der Waals surface area contributed by atoms with E-state index in [2.05, 4.69) is 30.9 Å². The second kappa shape index (κ2) is 9.28. The molecule has 170 valence electrons. The van der Waals surface area contributed by atoms with E-state index in [1.807, 2.05) is 60.7 Å². The number of anilines is 1. The van der Waals surface area contributed by atoms with E-state index in [-0.39, 0.29) is 12.6 Å². The normalized spacial score (nSPS) is 18.3. The maximum atomic E-state index is 13.1. The first-order chi connectivity index (χ1) is 16.1. The number of rotatable bonds is 6. The quantitative estimate of drug-likeness (QED) is 0.508. The first-order valence-corrected chi connectivity index (χ1v) is 11.7. The van der Waals surface area contributed by atoms with E-state index in [4.69, 9.17) is 9.47 Å². The van der Waals surface area contributed by atoms with Crippen LogP contribution in [0.5, 0.6) is 11.5 Å². The first-order valence-electron chi connectivity index (χ1n) is 11.7. The molecule has 5 nitrogen and oxygen atoms in total. The van der Waals surface area contributed by atoms with Crippen LogP contribution in [0.2, 0.25) is 0 Å². The Labute approximate surface area is 195 Å². The number of amides is 1. The van der Waals surface area contributed by atoms with Crippen LogP contribution in [-0.2, 0) is 0 Å². The molecule has 0 bridgehead atoms. The van der Waals surface area contributed by atoms with Crippen molar-refractivity contribution < 1.29 is 14.3 Å². The Morgan fingerprint density at radius 3 is 2.52 bits per heavy atom. The fourth-order valence-electron chi connectivity index (χ4n) is 4.56. The van der Waals surface area contributed by atoms with Crippen molar-refractivity contribution in [3.8, 4) is 22.6 Å². The van der Waals surface area contributed by atoms with Crippen molar-refractivity contribution in [3.63, 3.8) is 0 Å². The highest BCUT2D eigenvalue weighted by molar-refractivity contribution is 6.09. The number of hydrogen-bond acceptors (Lipinski definition) is 4. The third-order valence-electron chi connectivity index (χ3n) is 6.60. The molecule has 1 unspecified atom stereocenters. The zero-order chi connectivity index (χ0) is 22.8. The molecule has 33 heavy (non-hydrogen) atoms. The highest BCUT2D eigenvalue weighted by Gasteiger charge is 2.27. The maximum Gasteiger partial charge on any atom is 0.264 e. The molecule has 2 aliphatic heterocycles. The van der Waals surface area contributed by atoms with Gasteiger partial charge in [-0.2, -0.15) is 0 Å². The molecule has 1 saturated heterocycles. The van der Waals surface area contributed by atoms with E-state index < -0.39 is 0 Å². The second-order valence-electron chi connectivity index (χ2n) is 9.13. The summed E-state index contributed by atoms with van der Waals surface area (Å²) in [6, 6.07) is 24.2. The number of nitrogens with zero attached hydrogens (tertiary/aromatic N) is 2. The molecule has 3 aromatic carbocycles. The van der Waals surface area contributed by atoms with Gasteiger partial charge in [0.25, 0.3) is 5.91 Å². The van der Waals surface area contributed by atoms with Crippen LogP contribution < -0.4 is 14.4 Å². The van der Waals surface area contributed by atoms with Gasteiger partial charge in [-0.05, 0) is 74.3 Å². The molecule has 2 heterocycles. The summed E-state index contributed by atoms with van der Waals surface area (Å²) in [4.78, 5) is 17.3. The van der Waals surface area contributed by atoms with Crippen LogP contribution in [0, 0.1) is 5.92 Å². The zero-order valence-corrected chi connectivity index (χ0v) is 19.2. The molecule has 5 rings (SSSR count). The number of ether oxygens (including phenoxy) is 2. The fraction of sp³-hybridized carbons (Fsp3) is 0.321. The van der Waals surface area contributed by atoms with Crippen molar-refractivity contribution in [3.05, 3.63) is 78.4 Å². The third kappa shape index (κ3) is 4.60. The van der Waals surface area contributed by atoms with Crippen LogP contribution in [0.15, 0.2) is 72.8 Å². The molecule has 0 saturated carbocycles. The largest absolute Gasteiger partial charge is 0.493 e. The lowest BCUT2D eigenvalue weighted by atomic mass is 10.0. The smallest absolute Gasteiger partial charge is 0.264 e. The van der Waals surface area contributed by atoms with E-state index in [9.17, 15) is 4.79 Å². The zero-order valence-electron chi connectivity index (χ0n) is 19.2. The second-order valence-corrected chi connectivity index (χ2v) is 9.13. The molecule has 0 N–H and O–H groups in total. The number of fused-ring (bicyclic) bond motifs is 1. The Bertz CT molecular complexity index is 1110. The van der Waals surface area contributed by atoms with Crippen LogP contribution in [0.1, 0.15) is 30.6 Å². The van der Waals surface area contributed by atoms with E-state index in [0.29, 0.717) is 23.3 Å². The van der Waals surface area contributed by atoms with Gasteiger partial charge in [0.1, 0.15) is 11.5 Å². The molecular weight excluding hydrogens is 412 g/mol. The molecule has 3 aromatic rings. The first kappa shape index (κ1) is 21.5. The van der Waals surface area contributed by atoms with E-state index >= 15 is 0 Å². The van der Waals surface area contributed by atoms with E-state index in [1.165, 1.54) is 6.42 Å². The van der Waals surface area contributed by atoms with E-state index in [0.717, 1.165) is 42.3 Å². The lowest BCUT2D eigenvalue weighted by Gasteiger charge is -2.29. The van der Waals surface area contributed by atoms with Crippen LogP contribution in [0.4, 0.5) is 5.69 Å². The molecule has 5 heteroatoms. The Morgan fingerprint density at radius 1 is 1.00 bits per heavy atom. The summed E-state index contributed by atoms with van der Waals surface area (Å²) in [5.74, 6) is 1.98. The SMILES string of the molecule is CC(C)N1CCC(COc2ccc(N3COc4cc(-c5ccccc5)ccc4C3=O)cc2)C1. The Hall–Kier alpha value is -3.31. The molecule has 1 fully saturated rings. The molecule has 0 radical (unpaired) electrons. The van der Waals surface area contributed by atoms with Crippen molar-refractivity contribution in [2.24, 2.45) is 5.92 Å². The van der Waals surface area contributed by atoms with Gasteiger partial charge >= 0.3 is 0 Å². The van der Waals surface area contributed by atoms with Gasteiger partial charge in [-0.15, -0.1) is 0 Å². The number of hydrogen-bond donors (Lipinski definition) is 0. The summed E-state index contributed by atoms with van der Waals surface area (Å²) in [6.45, 7) is 7.65. The summed E-state index contributed by atoms with van der Waals surface area (Å²) in [5, 5.41) is 0. The van der Waals surface area contributed by atoms with Gasteiger partial charge in [-0.25, -0.2) is 0 Å². The monoisotopic (exact) mass is 442 g/mol. The van der Waals surface area contributed by atoms with Crippen molar-refractivity contribution >= 4 is 11.6 Å². The van der Waals surface area contributed by atoms with Crippen LogP contribution in [0.25, 0.3) is 11.1 Å². The number of carbonyl (C=O) groups excluding carboxylic acids is 1. The summed E-state index contributed by atoms with van der Waals surface area (Å²) in [5.41, 5.74) is 3.52. The number of likely N-dealkylation sites (tertiary alicyclic amines) is 1. The lowest BCUT2D eigenvalue weighted by Crippen LogP contribution is -2.38.